The van der Waals surface area contributed by atoms with E-state index in [9.17, 15) is 9.18 Å². The zero-order chi connectivity index (χ0) is 15.1. The number of Topliss-reactive ketones (excluding diaryl/α,β-unsaturated/α-hetero) is 1. The molecule has 0 N–H and O–H groups in total. The number of ether oxygens (including phenoxy) is 1. The summed E-state index contributed by atoms with van der Waals surface area (Å²) in [6, 6.07) is 13.7. The third-order valence-electron chi connectivity index (χ3n) is 2.91. The normalized spacial score (nSPS) is 10.4. The number of carbonyl (C=O) groups is 1. The smallest absolute Gasteiger partial charge is 0.162 e. The van der Waals surface area contributed by atoms with Gasteiger partial charge < -0.3 is 4.74 Å². The molecule has 0 aliphatic carbocycles. The van der Waals surface area contributed by atoms with Crippen molar-refractivity contribution in [3.8, 4) is 5.75 Å². The third-order valence-corrected chi connectivity index (χ3v) is 3.89. The highest BCUT2D eigenvalue weighted by molar-refractivity contribution is 7.99. The van der Waals surface area contributed by atoms with Crippen molar-refractivity contribution in [3.05, 3.63) is 59.9 Å². The van der Waals surface area contributed by atoms with Crippen LogP contribution in [0.1, 0.15) is 23.7 Å². The average molecular weight is 304 g/mol. The Hall–Kier alpha value is -1.81. The van der Waals surface area contributed by atoms with Gasteiger partial charge in [-0.15, -0.1) is 11.8 Å². The Bertz CT molecular complexity index is 596. The van der Waals surface area contributed by atoms with E-state index in [1.54, 1.807) is 23.9 Å². The second kappa shape index (κ2) is 7.84. The lowest BCUT2D eigenvalue weighted by Gasteiger charge is -2.06. The molecule has 21 heavy (non-hydrogen) atoms. The minimum Gasteiger partial charge on any atom is -0.493 e. The summed E-state index contributed by atoms with van der Waals surface area (Å²) in [7, 11) is 0. The Morgan fingerprint density at radius 2 is 1.95 bits per heavy atom. The van der Waals surface area contributed by atoms with Crippen molar-refractivity contribution >= 4 is 17.5 Å². The van der Waals surface area contributed by atoms with Gasteiger partial charge in [0, 0.05) is 28.7 Å². The molecule has 0 heterocycles. The van der Waals surface area contributed by atoms with Crippen LogP contribution < -0.4 is 4.74 Å². The molecule has 0 aliphatic heterocycles. The van der Waals surface area contributed by atoms with Crippen LogP contribution >= 0.6 is 11.8 Å². The maximum absolute atomic E-state index is 13.0. The van der Waals surface area contributed by atoms with Crippen molar-refractivity contribution in [2.45, 2.75) is 18.2 Å². The van der Waals surface area contributed by atoms with Gasteiger partial charge in [-0.1, -0.05) is 25.1 Å². The number of rotatable bonds is 7. The van der Waals surface area contributed by atoms with E-state index in [-0.39, 0.29) is 11.6 Å². The van der Waals surface area contributed by atoms with Gasteiger partial charge in [0.2, 0.25) is 0 Å². The molecule has 2 aromatic rings. The quantitative estimate of drug-likeness (QED) is 0.425. The standard InChI is InChI=1S/C17H17FO2S/c1-2-17(19)13-6-8-16(9-7-13)21-11-10-20-15-5-3-4-14(18)12-15/h3-9,12H,2,10-11H2,1H3. The molecule has 0 atom stereocenters. The minimum atomic E-state index is -0.295. The summed E-state index contributed by atoms with van der Waals surface area (Å²) in [5, 5.41) is 0. The molecule has 0 radical (unpaired) electrons. The summed E-state index contributed by atoms with van der Waals surface area (Å²) in [5.74, 6) is 1.16. The van der Waals surface area contributed by atoms with Gasteiger partial charge in [-0.05, 0) is 24.3 Å². The minimum absolute atomic E-state index is 0.154. The third kappa shape index (κ3) is 4.90. The zero-order valence-corrected chi connectivity index (χ0v) is 12.7. The first-order valence-corrected chi connectivity index (χ1v) is 7.82. The lowest BCUT2D eigenvalue weighted by molar-refractivity contribution is 0.0988. The van der Waals surface area contributed by atoms with E-state index in [2.05, 4.69) is 0 Å². The fraction of sp³-hybridized carbons (Fsp3) is 0.235. The molecule has 4 heteroatoms. The number of ketones is 1. The van der Waals surface area contributed by atoms with E-state index in [4.69, 9.17) is 4.74 Å². The van der Waals surface area contributed by atoms with Crippen LogP contribution in [0.5, 0.6) is 5.75 Å². The maximum Gasteiger partial charge on any atom is 0.162 e. The van der Waals surface area contributed by atoms with Crippen LogP contribution in [-0.4, -0.2) is 18.1 Å². The predicted octanol–water partition coefficient (Wildman–Crippen LogP) is 4.59. The van der Waals surface area contributed by atoms with Gasteiger partial charge in [-0.3, -0.25) is 4.79 Å². The van der Waals surface area contributed by atoms with Crippen molar-refractivity contribution in [2.75, 3.05) is 12.4 Å². The van der Waals surface area contributed by atoms with Gasteiger partial charge in [0.15, 0.2) is 5.78 Å². The fourth-order valence-electron chi connectivity index (χ4n) is 1.82. The summed E-state index contributed by atoms with van der Waals surface area (Å²) >= 11 is 1.64. The first kappa shape index (κ1) is 15.6. The number of hydrogen-bond donors (Lipinski definition) is 0. The lowest BCUT2D eigenvalue weighted by Crippen LogP contribution is -2.00. The number of benzene rings is 2. The highest BCUT2D eigenvalue weighted by Crippen LogP contribution is 2.19. The van der Waals surface area contributed by atoms with E-state index in [0.29, 0.717) is 18.8 Å². The SMILES string of the molecule is CCC(=O)c1ccc(SCCOc2cccc(F)c2)cc1. The zero-order valence-electron chi connectivity index (χ0n) is 11.8. The van der Waals surface area contributed by atoms with Crippen LogP contribution in [0, 0.1) is 5.82 Å². The van der Waals surface area contributed by atoms with Gasteiger partial charge >= 0.3 is 0 Å². The molecular weight excluding hydrogens is 287 g/mol. The van der Waals surface area contributed by atoms with Gasteiger partial charge in [0.1, 0.15) is 11.6 Å². The molecule has 0 saturated carbocycles. The van der Waals surface area contributed by atoms with Gasteiger partial charge in [-0.25, -0.2) is 4.39 Å². The number of thioether (sulfide) groups is 1. The van der Waals surface area contributed by atoms with E-state index in [1.165, 1.54) is 12.1 Å². The molecular formula is C17H17FO2S. The summed E-state index contributed by atoms with van der Waals surface area (Å²) < 4.78 is 18.4. The van der Waals surface area contributed by atoms with Gasteiger partial charge in [0.25, 0.3) is 0 Å². The molecule has 0 aromatic heterocycles. The summed E-state index contributed by atoms with van der Waals surface area (Å²) in [4.78, 5) is 12.6. The first-order valence-electron chi connectivity index (χ1n) is 6.83. The molecule has 0 unspecified atom stereocenters. The topological polar surface area (TPSA) is 26.3 Å². The molecule has 0 fully saturated rings. The highest BCUT2D eigenvalue weighted by Gasteiger charge is 2.03. The van der Waals surface area contributed by atoms with Crippen molar-refractivity contribution < 1.29 is 13.9 Å². The first-order chi connectivity index (χ1) is 10.2. The van der Waals surface area contributed by atoms with Gasteiger partial charge in [0.05, 0.1) is 6.61 Å². The van der Waals surface area contributed by atoms with E-state index < -0.39 is 0 Å². The molecule has 2 aromatic carbocycles. The Morgan fingerprint density at radius 3 is 2.62 bits per heavy atom. The van der Waals surface area contributed by atoms with E-state index in [1.807, 2.05) is 31.2 Å². The predicted molar refractivity (Wildman–Crippen MR) is 83.7 cm³/mol. The van der Waals surface area contributed by atoms with Crippen LogP contribution in [0.25, 0.3) is 0 Å². The largest absolute Gasteiger partial charge is 0.493 e. The van der Waals surface area contributed by atoms with E-state index in [0.717, 1.165) is 16.2 Å². The lowest BCUT2D eigenvalue weighted by atomic mass is 10.1. The van der Waals surface area contributed by atoms with E-state index >= 15 is 0 Å². The van der Waals surface area contributed by atoms with Crippen molar-refractivity contribution in [3.63, 3.8) is 0 Å². The molecule has 0 aliphatic rings. The maximum atomic E-state index is 13.0. The van der Waals surface area contributed by atoms with Crippen LogP contribution in [0.15, 0.2) is 53.4 Å². The monoisotopic (exact) mass is 304 g/mol. The van der Waals surface area contributed by atoms with Crippen molar-refractivity contribution in [1.82, 2.24) is 0 Å². The summed E-state index contributed by atoms with van der Waals surface area (Å²) in [6.45, 7) is 2.36. The van der Waals surface area contributed by atoms with Crippen LogP contribution in [0.3, 0.4) is 0 Å². The Balaban J connectivity index is 1.77. The van der Waals surface area contributed by atoms with Crippen LogP contribution in [-0.2, 0) is 0 Å². The second-order valence-corrected chi connectivity index (χ2v) is 5.62. The second-order valence-electron chi connectivity index (χ2n) is 4.46. The van der Waals surface area contributed by atoms with Gasteiger partial charge in [-0.2, -0.15) is 0 Å². The molecule has 2 nitrogen and oxygen atoms in total. The molecule has 0 saturated heterocycles. The number of hydrogen-bond acceptors (Lipinski definition) is 3. The van der Waals surface area contributed by atoms with Crippen molar-refractivity contribution in [2.24, 2.45) is 0 Å². The Morgan fingerprint density at radius 1 is 1.19 bits per heavy atom. The molecule has 2 rings (SSSR count). The van der Waals surface area contributed by atoms with Crippen molar-refractivity contribution in [1.29, 1.82) is 0 Å². The van der Waals surface area contributed by atoms with Crippen LogP contribution in [0.2, 0.25) is 0 Å². The molecule has 110 valence electrons. The molecule has 0 amide bonds. The highest BCUT2D eigenvalue weighted by atomic mass is 32.2. The molecule has 0 spiro atoms. The summed E-state index contributed by atoms with van der Waals surface area (Å²) in [6.07, 6.45) is 0.522. The number of carbonyl (C=O) groups excluding carboxylic acids is 1. The fourth-order valence-corrected chi connectivity index (χ4v) is 2.55. The number of halogens is 1. The Labute approximate surface area is 128 Å². The molecule has 0 bridgehead atoms. The summed E-state index contributed by atoms with van der Waals surface area (Å²) in [5.41, 5.74) is 0.748. The van der Waals surface area contributed by atoms with Crippen LogP contribution in [0.4, 0.5) is 4.39 Å². The Kier molecular flexibility index (Phi) is 5.81. The average Bonchev–Trinajstić information content (AvgIpc) is 2.51.